The van der Waals surface area contributed by atoms with Gasteiger partial charge in [-0.15, -0.1) is 12.4 Å². The highest BCUT2D eigenvalue weighted by Crippen LogP contribution is 2.49. The van der Waals surface area contributed by atoms with Crippen molar-refractivity contribution in [1.82, 2.24) is 19.7 Å². The lowest BCUT2D eigenvalue weighted by molar-refractivity contribution is -0.111. The molecule has 7 rings (SSSR count). The summed E-state index contributed by atoms with van der Waals surface area (Å²) in [6.07, 6.45) is 8.94. The summed E-state index contributed by atoms with van der Waals surface area (Å²) in [4.78, 5) is 24.4. The SMILES string of the molecule is C=CC(=O)Nc1cc(-c2cc3c(cn2)cc(-c2c(Cl)c(OC)cc(OC)c2Cl)c2nccn23)c(OC)cc1N1CC2(CCNCC2)C1.Cl. The number of carbonyl (C=O) groups excluding carboxylic acids is 1. The number of hydrogen-bond acceptors (Lipinski definition) is 8. The lowest BCUT2D eigenvalue weighted by Crippen LogP contribution is -2.60. The van der Waals surface area contributed by atoms with E-state index in [0.29, 0.717) is 60.9 Å². The van der Waals surface area contributed by atoms with Gasteiger partial charge in [0.1, 0.15) is 22.9 Å². The van der Waals surface area contributed by atoms with E-state index in [4.69, 9.17) is 42.4 Å². The van der Waals surface area contributed by atoms with E-state index >= 15 is 0 Å². The molecule has 2 aromatic carbocycles. The highest BCUT2D eigenvalue weighted by Gasteiger charge is 2.44. The molecule has 2 aliphatic rings. The van der Waals surface area contributed by atoms with Crippen LogP contribution in [0, 0.1) is 5.41 Å². The minimum absolute atomic E-state index is 0. The van der Waals surface area contributed by atoms with Gasteiger partial charge in [0.15, 0.2) is 0 Å². The zero-order valence-corrected chi connectivity index (χ0v) is 29.1. The number of pyridine rings is 2. The highest BCUT2D eigenvalue weighted by atomic mass is 35.5. The van der Waals surface area contributed by atoms with Gasteiger partial charge < -0.3 is 29.7 Å². The normalized spacial score (nSPS) is 15.1. The maximum atomic E-state index is 12.6. The van der Waals surface area contributed by atoms with Crippen LogP contribution in [-0.2, 0) is 4.79 Å². The summed E-state index contributed by atoms with van der Waals surface area (Å²) in [6.45, 7) is 7.57. The van der Waals surface area contributed by atoms with E-state index < -0.39 is 0 Å². The van der Waals surface area contributed by atoms with Crippen LogP contribution < -0.4 is 29.7 Å². The zero-order valence-electron chi connectivity index (χ0n) is 26.7. The Bertz CT molecular complexity index is 2020. The van der Waals surface area contributed by atoms with Crippen LogP contribution in [0.1, 0.15) is 12.8 Å². The smallest absolute Gasteiger partial charge is 0.247 e. The number of halogens is 3. The molecule has 0 bridgehead atoms. The molecule has 2 N–H and O–H groups in total. The summed E-state index contributed by atoms with van der Waals surface area (Å²) in [5.74, 6) is 1.22. The van der Waals surface area contributed by atoms with Crippen molar-refractivity contribution in [2.75, 3.05) is 57.7 Å². The summed E-state index contributed by atoms with van der Waals surface area (Å²) >= 11 is 13.6. The third-order valence-corrected chi connectivity index (χ3v) is 10.0. The fourth-order valence-electron chi connectivity index (χ4n) is 6.84. The first-order valence-electron chi connectivity index (χ1n) is 15.3. The molecule has 13 heteroatoms. The Morgan fingerprint density at radius 2 is 1.65 bits per heavy atom. The molecule has 0 radical (unpaired) electrons. The monoisotopic (exact) mass is 708 g/mol. The number of carbonyl (C=O) groups is 1. The highest BCUT2D eigenvalue weighted by molar-refractivity contribution is 6.41. The summed E-state index contributed by atoms with van der Waals surface area (Å²) in [7, 11) is 4.73. The van der Waals surface area contributed by atoms with Crippen molar-refractivity contribution in [3.63, 3.8) is 0 Å². The second kappa shape index (κ2) is 13.4. The van der Waals surface area contributed by atoms with Crippen LogP contribution in [0.15, 0.2) is 61.6 Å². The fraction of sp³-hybridized carbons (Fsp3) is 0.286. The number of fused-ring (bicyclic) bond motifs is 3. The molecule has 2 fully saturated rings. The van der Waals surface area contributed by atoms with Gasteiger partial charge in [-0.2, -0.15) is 0 Å². The number of nitrogens with zero attached hydrogens (tertiary/aromatic N) is 4. The second-order valence-corrected chi connectivity index (χ2v) is 12.7. The molecule has 250 valence electrons. The molecule has 1 spiro atoms. The fourth-order valence-corrected chi connectivity index (χ4v) is 7.54. The van der Waals surface area contributed by atoms with Gasteiger partial charge in [-0.05, 0) is 50.2 Å². The number of ether oxygens (including phenoxy) is 3. The number of hydrogen-bond donors (Lipinski definition) is 2. The maximum Gasteiger partial charge on any atom is 0.247 e. The molecular formula is C35H35Cl3N6O4. The van der Waals surface area contributed by atoms with Crippen molar-refractivity contribution in [1.29, 1.82) is 0 Å². The Morgan fingerprint density at radius 1 is 0.958 bits per heavy atom. The maximum absolute atomic E-state index is 12.6. The van der Waals surface area contributed by atoms with Crippen molar-refractivity contribution in [2.24, 2.45) is 5.41 Å². The standard InChI is InChI=1S/C35H34Cl2N6O4.ClH/c1-5-30(44)41-24-13-21(27(45-2)15-26(24)42-18-35(19-42)6-8-38-9-7-35)23-14-25-20(17-40-23)12-22(34-39-10-11-43(25)34)31-32(36)28(46-3)16-29(47-4)33(31)37;/h5,10-17,38H,1,6-9,18-19H2,2-4H3,(H,41,44);1H. The van der Waals surface area contributed by atoms with Gasteiger partial charge in [-0.3, -0.25) is 14.2 Å². The zero-order chi connectivity index (χ0) is 32.9. The number of anilines is 2. The number of methoxy groups -OCH3 is 3. The van der Waals surface area contributed by atoms with Crippen LogP contribution in [0.5, 0.6) is 17.2 Å². The van der Waals surface area contributed by atoms with Crippen LogP contribution in [0.4, 0.5) is 11.4 Å². The van der Waals surface area contributed by atoms with E-state index in [1.165, 1.54) is 6.08 Å². The Morgan fingerprint density at radius 3 is 2.29 bits per heavy atom. The van der Waals surface area contributed by atoms with Crippen molar-refractivity contribution >= 4 is 69.4 Å². The first-order chi connectivity index (χ1) is 22.8. The van der Waals surface area contributed by atoms with E-state index in [1.807, 2.05) is 34.9 Å². The molecule has 1 amide bonds. The average Bonchev–Trinajstić information content (AvgIpc) is 3.58. The Labute approximate surface area is 294 Å². The number of rotatable bonds is 8. The Balaban J connectivity index is 0.00000401. The van der Waals surface area contributed by atoms with Crippen LogP contribution >= 0.6 is 35.6 Å². The molecule has 0 unspecified atom stereocenters. The van der Waals surface area contributed by atoms with Gasteiger partial charge in [0.2, 0.25) is 5.91 Å². The first-order valence-corrected chi connectivity index (χ1v) is 16.0. The topological polar surface area (TPSA) is 102 Å². The molecule has 10 nitrogen and oxygen atoms in total. The van der Waals surface area contributed by atoms with Crippen LogP contribution in [-0.4, -0.2) is 67.8 Å². The van der Waals surface area contributed by atoms with Crippen molar-refractivity contribution in [3.05, 3.63) is 71.6 Å². The molecule has 5 heterocycles. The largest absolute Gasteiger partial charge is 0.496 e. The van der Waals surface area contributed by atoms with Crippen molar-refractivity contribution < 1.29 is 19.0 Å². The van der Waals surface area contributed by atoms with Crippen LogP contribution in [0.2, 0.25) is 10.0 Å². The molecular weight excluding hydrogens is 675 g/mol. The summed E-state index contributed by atoms with van der Waals surface area (Å²) in [6, 6.07) is 9.51. The number of aromatic nitrogens is 3. The molecule has 2 aliphatic heterocycles. The van der Waals surface area contributed by atoms with E-state index in [0.717, 1.165) is 61.2 Å². The van der Waals surface area contributed by atoms with Gasteiger partial charge in [0.05, 0.1) is 54.0 Å². The number of amides is 1. The average molecular weight is 710 g/mol. The predicted octanol–water partition coefficient (Wildman–Crippen LogP) is 7.29. The van der Waals surface area contributed by atoms with Crippen LogP contribution in [0.3, 0.4) is 0 Å². The molecule has 2 saturated heterocycles. The molecule has 0 saturated carbocycles. The van der Waals surface area contributed by atoms with Crippen LogP contribution in [0.25, 0.3) is 38.9 Å². The number of benzene rings is 2. The first kappa shape index (κ1) is 33.7. The lowest BCUT2D eigenvalue weighted by Gasteiger charge is -2.54. The Hall–Kier alpha value is -4.22. The third kappa shape index (κ3) is 5.66. The summed E-state index contributed by atoms with van der Waals surface area (Å²) in [5.41, 5.74) is 6.02. The summed E-state index contributed by atoms with van der Waals surface area (Å²) in [5, 5.41) is 8.00. The molecule has 0 atom stereocenters. The van der Waals surface area contributed by atoms with E-state index in [1.54, 1.807) is 39.8 Å². The number of piperidine rings is 1. The Kier molecular flexibility index (Phi) is 9.37. The minimum Gasteiger partial charge on any atom is -0.496 e. The predicted molar refractivity (Wildman–Crippen MR) is 194 cm³/mol. The van der Waals surface area contributed by atoms with Gasteiger partial charge in [0, 0.05) is 71.3 Å². The van der Waals surface area contributed by atoms with E-state index in [9.17, 15) is 4.79 Å². The quantitative estimate of drug-likeness (QED) is 0.162. The second-order valence-electron chi connectivity index (χ2n) is 12.0. The lowest BCUT2D eigenvalue weighted by atomic mass is 9.72. The molecule has 5 aromatic rings. The van der Waals surface area contributed by atoms with Crippen molar-refractivity contribution in [3.8, 4) is 39.6 Å². The van der Waals surface area contributed by atoms with E-state index in [2.05, 4.69) is 27.1 Å². The van der Waals surface area contributed by atoms with Gasteiger partial charge in [0.25, 0.3) is 0 Å². The number of imidazole rings is 1. The molecule has 3 aromatic heterocycles. The third-order valence-electron chi connectivity index (χ3n) is 9.29. The van der Waals surface area contributed by atoms with E-state index in [-0.39, 0.29) is 18.3 Å². The summed E-state index contributed by atoms with van der Waals surface area (Å²) < 4.78 is 18.9. The molecule has 48 heavy (non-hydrogen) atoms. The molecule has 0 aliphatic carbocycles. The number of nitrogens with one attached hydrogen (secondary N) is 2. The van der Waals surface area contributed by atoms with Gasteiger partial charge in [-0.1, -0.05) is 29.8 Å². The van der Waals surface area contributed by atoms with Crippen molar-refractivity contribution in [2.45, 2.75) is 12.8 Å². The minimum atomic E-state index is -0.287. The van der Waals surface area contributed by atoms with Gasteiger partial charge >= 0.3 is 0 Å². The van der Waals surface area contributed by atoms with Gasteiger partial charge in [-0.25, -0.2) is 4.98 Å².